The predicted molar refractivity (Wildman–Crippen MR) is 100.0 cm³/mol. The maximum Gasteiger partial charge on any atom is 0.242 e. The molecule has 0 bridgehead atoms. The molecule has 0 saturated carbocycles. The summed E-state index contributed by atoms with van der Waals surface area (Å²) in [6.07, 6.45) is 0. The van der Waals surface area contributed by atoms with Crippen LogP contribution in [0.15, 0.2) is 39.6 Å². The van der Waals surface area contributed by atoms with Crippen LogP contribution in [0.3, 0.4) is 0 Å². The van der Waals surface area contributed by atoms with Gasteiger partial charge >= 0.3 is 0 Å². The Labute approximate surface area is 159 Å². The van der Waals surface area contributed by atoms with E-state index in [1.54, 1.807) is 12.1 Å². The summed E-state index contributed by atoms with van der Waals surface area (Å²) in [6, 6.07) is 8.48. The highest BCUT2D eigenvalue weighted by Gasteiger charge is 2.28. The van der Waals surface area contributed by atoms with Crippen molar-refractivity contribution in [3.05, 3.63) is 52.4 Å². The molecule has 3 rings (SSSR count). The van der Waals surface area contributed by atoms with Crippen LogP contribution < -0.4 is 4.72 Å². The lowest BCUT2D eigenvalue weighted by atomic mass is 10.2. The molecule has 2 heterocycles. The lowest BCUT2D eigenvalue weighted by Gasteiger charge is -2.33. The number of furan rings is 1. The fourth-order valence-corrected chi connectivity index (χ4v) is 4.66. The zero-order valence-electron chi connectivity index (χ0n) is 14.9. The Morgan fingerprint density at radius 3 is 2.54 bits per heavy atom. The third kappa shape index (κ3) is 4.47. The Kier molecular flexibility index (Phi) is 6.04. The van der Waals surface area contributed by atoms with Gasteiger partial charge in [0.25, 0.3) is 0 Å². The zero-order chi connectivity index (χ0) is 18.7. The minimum Gasteiger partial charge on any atom is -0.465 e. The average Bonchev–Trinajstić information content (AvgIpc) is 3.02. The van der Waals surface area contributed by atoms with Gasteiger partial charge in [0.05, 0.1) is 24.3 Å². The number of nitrogens with one attached hydrogen (secondary N) is 1. The molecule has 6 nitrogen and oxygen atoms in total. The summed E-state index contributed by atoms with van der Waals surface area (Å²) in [5, 5.41) is 0.217. The van der Waals surface area contributed by atoms with E-state index in [1.807, 2.05) is 26.0 Å². The van der Waals surface area contributed by atoms with Crippen molar-refractivity contribution in [2.45, 2.75) is 24.8 Å². The summed E-state index contributed by atoms with van der Waals surface area (Å²) in [7, 11) is -3.72. The topological polar surface area (TPSA) is 71.8 Å². The molecule has 8 heteroatoms. The molecule has 1 aromatic heterocycles. The van der Waals surface area contributed by atoms with E-state index in [0.29, 0.717) is 13.2 Å². The summed E-state index contributed by atoms with van der Waals surface area (Å²) < 4.78 is 39.3. The molecule has 0 aliphatic carbocycles. The van der Waals surface area contributed by atoms with E-state index in [9.17, 15) is 8.42 Å². The normalized spacial score (nSPS) is 17.3. The molecule has 1 saturated heterocycles. The molecule has 1 aliphatic rings. The quantitative estimate of drug-likeness (QED) is 0.810. The fraction of sp³-hybridized carbons (Fsp3) is 0.444. The number of morpholine rings is 1. The fourth-order valence-electron chi connectivity index (χ4n) is 3.02. The highest BCUT2D eigenvalue weighted by molar-refractivity contribution is 7.89. The van der Waals surface area contributed by atoms with E-state index in [1.165, 1.54) is 6.07 Å². The van der Waals surface area contributed by atoms with Gasteiger partial charge in [-0.25, -0.2) is 13.1 Å². The highest BCUT2D eigenvalue weighted by atomic mass is 35.5. The van der Waals surface area contributed by atoms with Crippen molar-refractivity contribution in [3.63, 3.8) is 0 Å². The smallest absolute Gasteiger partial charge is 0.242 e. The highest BCUT2D eigenvalue weighted by Crippen LogP contribution is 2.26. The van der Waals surface area contributed by atoms with E-state index >= 15 is 0 Å². The van der Waals surface area contributed by atoms with Gasteiger partial charge in [-0.3, -0.25) is 4.90 Å². The van der Waals surface area contributed by atoms with Crippen LogP contribution in [-0.2, 0) is 14.8 Å². The predicted octanol–water partition coefficient (Wildman–Crippen LogP) is 2.90. The van der Waals surface area contributed by atoms with Crippen LogP contribution in [0.5, 0.6) is 0 Å². The van der Waals surface area contributed by atoms with Gasteiger partial charge < -0.3 is 9.15 Å². The second-order valence-corrected chi connectivity index (χ2v) is 8.54. The van der Waals surface area contributed by atoms with Crippen LogP contribution in [0, 0.1) is 13.8 Å². The lowest BCUT2D eigenvalue weighted by molar-refractivity contribution is 0.0127. The molecule has 0 radical (unpaired) electrons. The maximum atomic E-state index is 12.7. The number of aryl methyl sites for hydroxylation is 2. The van der Waals surface area contributed by atoms with Crippen LogP contribution in [0.1, 0.15) is 23.1 Å². The van der Waals surface area contributed by atoms with E-state index < -0.39 is 10.0 Å². The van der Waals surface area contributed by atoms with Gasteiger partial charge in [-0.15, -0.1) is 0 Å². The van der Waals surface area contributed by atoms with Gasteiger partial charge in [0.15, 0.2) is 0 Å². The zero-order valence-corrected chi connectivity index (χ0v) is 16.4. The number of ether oxygens (including phenoxy) is 1. The Balaban J connectivity index is 1.80. The molecule has 1 unspecified atom stereocenters. The number of sulfonamides is 1. The van der Waals surface area contributed by atoms with Crippen LogP contribution >= 0.6 is 11.6 Å². The monoisotopic (exact) mass is 398 g/mol. The Morgan fingerprint density at radius 2 is 1.92 bits per heavy atom. The van der Waals surface area contributed by atoms with Gasteiger partial charge in [0.1, 0.15) is 16.4 Å². The van der Waals surface area contributed by atoms with Crippen LogP contribution in [0.2, 0.25) is 5.02 Å². The third-order valence-corrected chi connectivity index (χ3v) is 6.33. The van der Waals surface area contributed by atoms with Gasteiger partial charge in [0, 0.05) is 19.6 Å². The van der Waals surface area contributed by atoms with E-state index in [0.717, 1.165) is 30.2 Å². The van der Waals surface area contributed by atoms with Crippen molar-refractivity contribution in [1.82, 2.24) is 9.62 Å². The lowest BCUT2D eigenvalue weighted by Crippen LogP contribution is -2.43. The largest absolute Gasteiger partial charge is 0.465 e. The summed E-state index contributed by atoms with van der Waals surface area (Å²) in [6.45, 7) is 6.60. The minimum absolute atomic E-state index is 0.0844. The molecule has 0 amide bonds. The molecular weight excluding hydrogens is 376 g/mol. The molecular formula is C18H23ClN2O4S. The summed E-state index contributed by atoms with van der Waals surface area (Å²) in [5.41, 5.74) is 0.909. The number of rotatable bonds is 6. The Hall–Kier alpha value is -1.38. The number of hydrogen-bond acceptors (Lipinski definition) is 5. The summed E-state index contributed by atoms with van der Waals surface area (Å²) in [5.74, 6) is 1.53. The van der Waals surface area contributed by atoms with Gasteiger partial charge in [-0.2, -0.15) is 0 Å². The molecule has 1 fully saturated rings. The van der Waals surface area contributed by atoms with E-state index in [-0.39, 0.29) is 22.5 Å². The first-order valence-electron chi connectivity index (χ1n) is 8.51. The number of halogens is 1. The van der Waals surface area contributed by atoms with Crippen molar-refractivity contribution < 1.29 is 17.6 Å². The first-order valence-corrected chi connectivity index (χ1v) is 10.4. The van der Waals surface area contributed by atoms with Crippen LogP contribution in [0.4, 0.5) is 0 Å². The van der Waals surface area contributed by atoms with Crippen molar-refractivity contribution >= 4 is 21.6 Å². The van der Waals surface area contributed by atoms with Crippen molar-refractivity contribution in [1.29, 1.82) is 0 Å². The molecule has 142 valence electrons. The molecule has 26 heavy (non-hydrogen) atoms. The molecule has 1 atom stereocenters. The first kappa shape index (κ1) is 19.4. The summed E-state index contributed by atoms with van der Waals surface area (Å²) in [4.78, 5) is 2.25. The van der Waals surface area contributed by atoms with Crippen LogP contribution in [0.25, 0.3) is 0 Å². The second-order valence-electron chi connectivity index (χ2n) is 6.40. The van der Waals surface area contributed by atoms with Gasteiger partial charge in [0.2, 0.25) is 10.0 Å². The first-order chi connectivity index (χ1) is 12.4. The van der Waals surface area contributed by atoms with Crippen molar-refractivity contribution in [2.24, 2.45) is 0 Å². The Morgan fingerprint density at radius 1 is 1.19 bits per heavy atom. The minimum atomic E-state index is -3.72. The molecule has 1 N–H and O–H groups in total. The maximum absolute atomic E-state index is 12.7. The van der Waals surface area contributed by atoms with Crippen molar-refractivity contribution in [2.75, 3.05) is 32.8 Å². The second kappa shape index (κ2) is 8.10. The number of benzene rings is 1. The van der Waals surface area contributed by atoms with E-state index in [2.05, 4.69) is 9.62 Å². The standard InChI is InChI=1S/C18H23ClN2O4S/c1-13-3-6-18(15(19)11-13)26(22,23)20-12-16(17-5-4-14(2)25-17)21-7-9-24-10-8-21/h3-6,11,16,20H,7-10,12H2,1-2H3. The summed E-state index contributed by atoms with van der Waals surface area (Å²) >= 11 is 6.13. The van der Waals surface area contributed by atoms with E-state index in [4.69, 9.17) is 20.8 Å². The average molecular weight is 399 g/mol. The van der Waals surface area contributed by atoms with Crippen molar-refractivity contribution in [3.8, 4) is 0 Å². The number of nitrogens with zero attached hydrogens (tertiary/aromatic N) is 1. The molecule has 1 aromatic carbocycles. The molecule has 1 aliphatic heterocycles. The molecule has 2 aromatic rings. The molecule has 0 spiro atoms. The third-order valence-electron chi connectivity index (χ3n) is 4.42. The Bertz CT molecular complexity index is 860. The number of hydrogen-bond donors (Lipinski definition) is 1. The van der Waals surface area contributed by atoms with Gasteiger partial charge in [-0.05, 0) is 43.7 Å². The SMILES string of the molecule is Cc1ccc(S(=O)(=O)NCC(c2ccc(C)o2)N2CCOCC2)c(Cl)c1. The van der Waals surface area contributed by atoms with Crippen LogP contribution in [-0.4, -0.2) is 46.2 Å². The van der Waals surface area contributed by atoms with Gasteiger partial charge in [-0.1, -0.05) is 17.7 Å².